The SMILES string of the molecule is CCNC(=NCc1ccc(C#N)cc1F)NCCc1cccc(C(=O)NC)c1. The van der Waals surface area contributed by atoms with Gasteiger partial charge in [0.25, 0.3) is 5.91 Å². The number of carbonyl (C=O) groups excluding carboxylic acids is 1. The van der Waals surface area contributed by atoms with Gasteiger partial charge in [0.05, 0.1) is 18.2 Å². The van der Waals surface area contributed by atoms with E-state index in [4.69, 9.17) is 5.26 Å². The van der Waals surface area contributed by atoms with Gasteiger partial charge in [-0.3, -0.25) is 4.79 Å². The lowest BCUT2D eigenvalue weighted by atomic mass is 10.1. The van der Waals surface area contributed by atoms with E-state index >= 15 is 0 Å². The van der Waals surface area contributed by atoms with Crippen molar-refractivity contribution in [3.8, 4) is 6.07 Å². The molecule has 0 radical (unpaired) electrons. The van der Waals surface area contributed by atoms with Crippen LogP contribution in [0.2, 0.25) is 0 Å². The van der Waals surface area contributed by atoms with Crippen molar-refractivity contribution in [3.05, 3.63) is 70.5 Å². The van der Waals surface area contributed by atoms with Gasteiger partial charge in [-0.1, -0.05) is 18.2 Å². The van der Waals surface area contributed by atoms with Crippen LogP contribution in [0.3, 0.4) is 0 Å². The number of nitrogens with zero attached hydrogens (tertiary/aromatic N) is 2. The molecule has 1 amide bonds. The molecule has 0 aliphatic carbocycles. The lowest BCUT2D eigenvalue weighted by molar-refractivity contribution is 0.0963. The first kappa shape index (κ1) is 20.9. The Kier molecular flexibility index (Phi) is 7.97. The molecule has 0 atom stereocenters. The highest BCUT2D eigenvalue weighted by Crippen LogP contribution is 2.11. The summed E-state index contributed by atoms with van der Waals surface area (Å²) in [6.45, 7) is 3.40. The number of nitrogens with one attached hydrogen (secondary N) is 3. The Labute approximate surface area is 164 Å². The topological polar surface area (TPSA) is 89.3 Å². The fourth-order valence-corrected chi connectivity index (χ4v) is 2.59. The van der Waals surface area contributed by atoms with E-state index in [1.807, 2.05) is 31.2 Å². The van der Waals surface area contributed by atoms with Crippen LogP contribution < -0.4 is 16.0 Å². The highest BCUT2D eigenvalue weighted by atomic mass is 19.1. The quantitative estimate of drug-likeness (QED) is 0.507. The molecule has 0 unspecified atom stereocenters. The highest BCUT2D eigenvalue weighted by molar-refractivity contribution is 5.94. The summed E-state index contributed by atoms with van der Waals surface area (Å²) >= 11 is 0. The first-order valence-corrected chi connectivity index (χ1v) is 9.09. The third-order valence-electron chi connectivity index (χ3n) is 4.06. The van der Waals surface area contributed by atoms with E-state index in [1.54, 1.807) is 25.2 Å². The summed E-state index contributed by atoms with van der Waals surface area (Å²) in [5.41, 5.74) is 2.36. The van der Waals surface area contributed by atoms with Crippen LogP contribution in [-0.4, -0.2) is 32.0 Å². The van der Waals surface area contributed by atoms with E-state index in [9.17, 15) is 9.18 Å². The van der Waals surface area contributed by atoms with Gasteiger partial charge in [-0.25, -0.2) is 9.38 Å². The first-order chi connectivity index (χ1) is 13.6. The molecular weight excluding hydrogens is 357 g/mol. The van der Waals surface area contributed by atoms with E-state index in [2.05, 4.69) is 20.9 Å². The van der Waals surface area contributed by atoms with Crippen molar-refractivity contribution in [1.29, 1.82) is 5.26 Å². The van der Waals surface area contributed by atoms with Crippen LogP contribution in [0.1, 0.15) is 34.0 Å². The number of aliphatic imine (C=N–C) groups is 1. The maximum Gasteiger partial charge on any atom is 0.251 e. The summed E-state index contributed by atoms with van der Waals surface area (Å²) in [7, 11) is 1.60. The average Bonchev–Trinajstić information content (AvgIpc) is 2.72. The molecule has 0 spiro atoms. The minimum atomic E-state index is -0.440. The minimum Gasteiger partial charge on any atom is -0.357 e. The van der Waals surface area contributed by atoms with Crippen molar-refractivity contribution in [3.63, 3.8) is 0 Å². The normalized spacial score (nSPS) is 10.9. The molecule has 28 heavy (non-hydrogen) atoms. The molecule has 2 aromatic rings. The van der Waals surface area contributed by atoms with E-state index in [1.165, 1.54) is 6.07 Å². The summed E-state index contributed by atoms with van der Waals surface area (Å²) in [6, 6.07) is 13.7. The Morgan fingerprint density at radius 1 is 1.21 bits per heavy atom. The number of guanidine groups is 1. The standard InChI is InChI=1S/C21H24FN5O/c1-3-25-21(27-14-18-8-7-16(13-23)12-19(18)22)26-10-9-15-5-4-6-17(11-15)20(28)24-2/h4-8,11-12H,3,9-10,14H2,1-2H3,(H,24,28)(H2,25,26,27). The minimum absolute atomic E-state index is 0.117. The molecule has 0 bridgehead atoms. The Balaban J connectivity index is 1.96. The van der Waals surface area contributed by atoms with E-state index < -0.39 is 5.82 Å². The van der Waals surface area contributed by atoms with Crippen LogP contribution in [0.4, 0.5) is 4.39 Å². The zero-order valence-electron chi connectivity index (χ0n) is 16.1. The first-order valence-electron chi connectivity index (χ1n) is 9.09. The van der Waals surface area contributed by atoms with Gasteiger partial charge in [0, 0.05) is 31.3 Å². The average molecular weight is 381 g/mol. The Bertz CT molecular complexity index is 889. The summed E-state index contributed by atoms with van der Waals surface area (Å²) < 4.78 is 14.0. The summed E-state index contributed by atoms with van der Waals surface area (Å²) in [6.07, 6.45) is 0.709. The van der Waals surface area contributed by atoms with Crippen molar-refractivity contribution < 1.29 is 9.18 Å². The van der Waals surface area contributed by atoms with Gasteiger partial charge in [0.15, 0.2) is 5.96 Å². The van der Waals surface area contributed by atoms with Crippen LogP contribution in [0.25, 0.3) is 0 Å². The van der Waals surface area contributed by atoms with Crippen molar-refractivity contribution in [1.82, 2.24) is 16.0 Å². The summed E-state index contributed by atoms with van der Waals surface area (Å²) in [5.74, 6) is 0.0209. The molecule has 3 N–H and O–H groups in total. The predicted molar refractivity (Wildman–Crippen MR) is 107 cm³/mol. The van der Waals surface area contributed by atoms with E-state index in [-0.39, 0.29) is 18.0 Å². The number of rotatable bonds is 7. The molecule has 0 aliphatic heterocycles. The lowest BCUT2D eigenvalue weighted by Gasteiger charge is -2.12. The lowest BCUT2D eigenvalue weighted by Crippen LogP contribution is -2.38. The van der Waals surface area contributed by atoms with Crippen LogP contribution in [0.5, 0.6) is 0 Å². The zero-order chi connectivity index (χ0) is 20.4. The van der Waals surface area contributed by atoms with Crippen LogP contribution in [0.15, 0.2) is 47.5 Å². The summed E-state index contributed by atoms with van der Waals surface area (Å²) in [5, 5.41) is 17.7. The van der Waals surface area contributed by atoms with Gasteiger partial charge in [-0.05, 0) is 43.2 Å². The predicted octanol–water partition coefficient (Wildman–Crippen LogP) is 2.35. The third kappa shape index (κ3) is 6.09. The Hall–Kier alpha value is -3.40. The van der Waals surface area contributed by atoms with Crippen molar-refractivity contribution in [2.24, 2.45) is 4.99 Å². The molecular formula is C21H24FN5O. The van der Waals surface area contributed by atoms with Gasteiger partial charge in [-0.15, -0.1) is 0 Å². The fraction of sp³-hybridized carbons (Fsp3) is 0.286. The number of benzene rings is 2. The number of amides is 1. The van der Waals surface area contributed by atoms with E-state index in [0.717, 1.165) is 5.56 Å². The van der Waals surface area contributed by atoms with E-state index in [0.29, 0.717) is 36.6 Å². The Morgan fingerprint density at radius 3 is 2.71 bits per heavy atom. The molecule has 2 aromatic carbocycles. The monoisotopic (exact) mass is 381 g/mol. The highest BCUT2D eigenvalue weighted by Gasteiger charge is 2.06. The number of hydrogen-bond acceptors (Lipinski definition) is 3. The number of carbonyl (C=O) groups is 1. The number of halogens is 1. The molecule has 6 nitrogen and oxygen atoms in total. The fourth-order valence-electron chi connectivity index (χ4n) is 2.59. The van der Waals surface area contributed by atoms with Crippen LogP contribution in [-0.2, 0) is 13.0 Å². The molecule has 0 heterocycles. The van der Waals surface area contributed by atoms with Gasteiger partial charge in [-0.2, -0.15) is 5.26 Å². The van der Waals surface area contributed by atoms with Crippen LogP contribution >= 0.6 is 0 Å². The van der Waals surface area contributed by atoms with Gasteiger partial charge in [0.2, 0.25) is 0 Å². The zero-order valence-corrected chi connectivity index (χ0v) is 16.1. The van der Waals surface area contributed by atoms with Gasteiger partial charge >= 0.3 is 0 Å². The molecule has 0 saturated carbocycles. The second-order valence-electron chi connectivity index (χ2n) is 6.07. The van der Waals surface area contributed by atoms with Crippen LogP contribution in [0, 0.1) is 17.1 Å². The molecule has 0 fully saturated rings. The second-order valence-corrected chi connectivity index (χ2v) is 6.07. The molecule has 146 valence electrons. The molecule has 0 aromatic heterocycles. The molecule has 7 heteroatoms. The van der Waals surface area contributed by atoms with Gasteiger partial charge < -0.3 is 16.0 Å². The van der Waals surface area contributed by atoms with Crippen molar-refractivity contribution in [2.75, 3.05) is 20.1 Å². The molecule has 0 saturated heterocycles. The summed E-state index contributed by atoms with van der Waals surface area (Å²) in [4.78, 5) is 16.1. The third-order valence-corrected chi connectivity index (χ3v) is 4.06. The Morgan fingerprint density at radius 2 is 2.04 bits per heavy atom. The largest absolute Gasteiger partial charge is 0.357 e. The second kappa shape index (κ2) is 10.7. The van der Waals surface area contributed by atoms with Crippen molar-refractivity contribution >= 4 is 11.9 Å². The molecule has 0 aliphatic rings. The smallest absolute Gasteiger partial charge is 0.251 e. The van der Waals surface area contributed by atoms with Gasteiger partial charge in [0.1, 0.15) is 5.82 Å². The maximum atomic E-state index is 14.0. The van der Waals surface area contributed by atoms with Crippen molar-refractivity contribution in [2.45, 2.75) is 19.9 Å². The maximum absolute atomic E-state index is 14.0. The number of hydrogen-bond donors (Lipinski definition) is 3. The number of nitriles is 1. The molecule has 2 rings (SSSR count).